The zero-order valence-corrected chi connectivity index (χ0v) is 12.8. The van der Waals surface area contributed by atoms with Gasteiger partial charge in [-0.05, 0) is 51.0 Å². The molecule has 1 saturated heterocycles. The van der Waals surface area contributed by atoms with Crippen molar-refractivity contribution in [3.63, 3.8) is 0 Å². The summed E-state index contributed by atoms with van der Waals surface area (Å²) >= 11 is 0. The molecule has 0 bridgehead atoms. The van der Waals surface area contributed by atoms with Crippen LogP contribution in [-0.2, 0) is 10.2 Å². The van der Waals surface area contributed by atoms with Gasteiger partial charge in [0, 0.05) is 18.2 Å². The molecule has 0 aromatic carbocycles. The minimum Gasteiger partial charge on any atom is -0.452 e. The molecule has 0 aliphatic carbocycles. The van der Waals surface area contributed by atoms with E-state index in [1.807, 2.05) is 18.3 Å². The number of methoxy groups -OCH3 is 1. The van der Waals surface area contributed by atoms with Crippen LogP contribution in [0, 0.1) is 0 Å². The first-order valence-electron chi connectivity index (χ1n) is 7.73. The van der Waals surface area contributed by atoms with E-state index in [2.05, 4.69) is 16.8 Å². The van der Waals surface area contributed by atoms with Crippen LogP contribution < -0.4 is 4.90 Å². The second-order valence-corrected chi connectivity index (χ2v) is 6.05. The highest BCUT2D eigenvalue weighted by atomic mass is 16.5. The summed E-state index contributed by atoms with van der Waals surface area (Å²) in [4.78, 5) is 20.9. The summed E-state index contributed by atoms with van der Waals surface area (Å²) in [6.45, 7) is 6.24. The topological polar surface area (TPSA) is 45.7 Å². The number of hydrogen-bond donors (Lipinski definition) is 0. The van der Waals surface area contributed by atoms with Gasteiger partial charge in [-0.25, -0.2) is 4.79 Å². The van der Waals surface area contributed by atoms with E-state index in [1.165, 1.54) is 13.5 Å². The van der Waals surface area contributed by atoms with Gasteiger partial charge in [-0.1, -0.05) is 6.92 Å². The van der Waals surface area contributed by atoms with E-state index in [-0.39, 0.29) is 11.5 Å². The minimum atomic E-state index is -0.280. The van der Waals surface area contributed by atoms with Crippen molar-refractivity contribution in [3.8, 4) is 0 Å². The van der Waals surface area contributed by atoms with Crippen LogP contribution in [0.1, 0.15) is 31.9 Å². The first kappa shape index (κ1) is 14.3. The quantitative estimate of drug-likeness (QED) is 0.839. The fourth-order valence-corrected chi connectivity index (χ4v) is 3.67. The van der Waals surface area contributed by atoms with Crippen LogP contribution in [0.2, 0.25) is 0 Å². The van der Waals surface area contributed by atoms with Gasteiger partial charge >= 0.3 is 6.09 Å². The fourth-order valence-electron chi connectivity index (χ4n) is 3.67. The molecule has 1 fully saturated rings. The Morgan fingerprint density at radius 1 is 1.43 bits per heavy atom. The molecule has 0 radical (unpaired) electrons. The van der Waals surface area contributed by atoms with Crippen LogP contribution >= 0.6 is 0 Å². The first-order valence-corrected chi connectivity index (χ1v) is 7.73. The molecule has 2 aliphatic heterocycles. The summed E-state index contributed by atoms with van der Waals surface area (Å²) in [6.07, 6.45) is 4.86. The van der Waals surface area contributed by atoms with Gasteiger partial charge in [0.2, 0.25) is 0 Å². The van der Waals surface area contributed by atoms with Crippen molar-refractivity contribution in [3.05, 3.63) is 24.0 Å². The van der Waals surface area contributed by atoms with E-state index in [9.17, 15) is 4.79 Å². The number of carbonyl (C=O) groups is 1. The largest absolute Gasteiger partial charge is 0.452 e. The van der Waals surface area contributed by atoms with Crippen molar-refractivity contribution >= 4 is 11.8 Å². The molecule has 114 valence electrons. The minimum absolute atomic E-state index is 0.00895. The van der Waals surface area contributed by atoms with Crippen molar-refractivity contribution in [2.24, 2.45) is 0 Å². The number of hydrogen-bond acceptors (Lipinski definition) is 4. The van der Waals surface area contributed by atoms with Crippen molar-refractivity contribution in [2.45, 2.75) is 31.6 Å². The molecule has 0 atom stereocenters. The van der Waals surface area contributed by atoms with Crippen LogP contribution in [0.3, 0.4) is 0 Å². The van der Waals surface area contributed by atoms with E-state index in [0.717, 1.165) is 43.9 Å². The number of pyridine rings is 1. The first-order chi connectivity index (χ1) is 10.2. The predicted octanol–water partition coefficient (Wildman–Crippen LogP) is 2.41. The highest BCUT2D eigenvalue weighted by Gasteiger charge is 2.47. The van der Waals surface area contributed by atoms with Crippen LogP contribution in [-0.4, -0.2) is 49.3 Å². The summed E-state index contributed by atoms with van der Waals surface area (Å²) in [5.74, 6) is 0. The number of aromatic nitrogens is 1. The Bertz CT molecular complexity index is 524. The average molecular weight is 289 g/mol. The standard InChI is InChI=1S/C16H23N3O2/c1-3-9-18-10-6-16(7-11-18)12-19(15(20)21-2)13-5-4-8-17-14(13)16/h4-5,8H,3,6-7,9-12H2,1-2H3. The third-order valence-corrected chi connectivity index (χ3v) is 4.79. The van der Waals surface area contributed by atoms with Crippen molar-refractivity contribution in [1.29, 1.82) is 0 Å². The third-order valence-electron chi connectivity index (χ3n) is 4.79. The van der Waals surface area contributed by atoms with E-state index >= 15 is 0 Å². The Hall–Kier alpha value is -1.62. The molecule has 21 heavy (non-hydrogen) atoms. The predicted molar refractivity (Wildman–Crippen MR) is 81.6 cm³/mol. The van der Waals surface area contributed by atoms with Gasteiger partial charge in [-0.3, -0.25) is 9.88 Å². The molecular weight excluding hydrogens is 266 g/mol. The summed E-state index contributed by atoms with van der Waals surface area (Å²) in [6, 6.07) is 3.87. The molecule has 0 unspecified atom stereocenters. The Morgan fingerprint density at radius 3 is 2.86 bits per heavy atom. The lowest BCUT2D eigenvalue weighted by molar-refractivity contribution is 0.157. The maximum Gasteiger partial charge on any atom is 0.414 e. The van der Waals surface area contributed by atoms with E-state index in [4.69, 9.17) is 4.74 Å². The number of likely N-dealkylation sites (tertiary alicyclic amines) is 1. The second-order valence-electron chi connectivity index (χ2n) is 6.05. The lowest BCUT2D eigenvalue weighted by Gasteiger charge is -2.39. The van der Waals surface area contributed by atoms with Gasteiger partial charge in [0.1, 0.15) is 0 Å². The molecule has 0 saturated carbocycles. The molecule has 2 aliphatic rings. The van der Waals surface area contributed by atoms with Gasteiger partial charge in [-0.2, -0.15) is 0 Å². The van der Waals surface area contributed by atoms with Crippen molar-refractivity contribution in [2.75, 3.05) is 38.2 Å². The summed E-state index contributed by atoms with van der Waals surface area (Å²) in [5, 5.41) is 0. The number of anilines is 1. The van der Waals surface area contributed by atoms with Gasteiger partial charge in [0.05, 0.1) is 18.5 Å². The molecule has 1 aromatic rings. The molecule has 1 aromatic heterocycles. The molecule has 5 nitrogen and oxygen atoms in total. The Labute approximate surface area is 125 Å². The SMILES string of the molecule is CCCN1CCC2(CC1)CN(C(=O)OC)c1cccnc12. The Morgan fingerprint density at radius 2 is 2.19 bits per heavy atom. The lowest BCUT2D eigenvalue weighted by atomic mass is 9.77. The number of piperidine rings is 1. The van der Waals surface area contributed by atoms with Crippen LogP contribution in [0.15, 0.2) is 18.3 Å². The van der Waals surface area contributed by atoms with Crippen LogP contribution in [0.5, 0.6) is 0 Å². The fraction of sp³-hybridized carbons (Fsp3) is 0.625. The van der Waals surface area contributed by atoms with Crippen LogP contribution in [0.4, 0.5) is 10.5 Å². The highest BCUT2D eigenvalue weighted by molar-refractivity contribution is 5.90. The van der Waals surface area contributed by atoms with Gasteiger partial charge < -0.3 is 9.64 Å². The zero-order valence-electron chi connectivity index (χ0n) is 12.8. The number of amides is 1. The maximum absolute atomic E-state index is 12.0. The van der Waals surface area contributed by atoms with Gasteiger partial charge in [0.25, 0.3) is 0 Å². The van der Waals surface area contributed by atoms with Crippen molar-refractivity contribution < 1.29 is 9.53 Å². The molecule has 3 heterocycles. The lowest BCUT2D eigenvalue weighted by Crippen LogP contribution is -2.46. The van der Waals surface area contributed by atoms with E-state index in [0.29, 0.717) is 6.54 Å². The molecule has 1 amide bonds. The third kappa shape index (κ3) is 2.39. The molecule has 1 spiro atoms. The summed E-state index contributed by atoms with van der Waals surface area (Å²) < 4.78 is 4.93. The number of rotatable bonds is 2. The van der Waals surface area contributed by atoms with Crippen molar-refractivity contribution in [1.82, 2.24) is 9.88 Å². The van der Waals surface area contributed by atoms with E-state index in [1.54, 1.807) is 4.90 Å². The molecule has 0 N–H and O–H groups in total. The molecular formula is C16H23N3O2. The van der Waals surface area contributed by atoms with Gasteiger partial charge in [0.15, 0.2) is 0 Å². The monoisotopic (exact) mass is 289 g/mol. The molecule has 5 heteroatoms. The van der Waals surface area contributed by atoms with Crippen LogP contribution in [0.25, 0.3) is 0 Å². The highest BCUT2D eigenvalue weighted by Crippen LogP contribution is 2.45. The number of fused-ring (bicyclic) bond motifs is 2. The zero-order chi connectivity index (χ0) is 14.9. The Balaban J connectivity index is 1.86. The molecule has 3 rings (SSSR count). The average Bonchev–Trinajstić information content (AvgIpc) is 2.84. The Kier molecular flexibility index (Phi) is 3.85. The summed E-state index contributed by atoms with van der Waals surface area (Å²) in [7, 11) is 1.44. The van der Waals surface area contributed by atoms with Gasteiger partial charge in [-0.15, -0.1) is 0 Å². The van der Waals surface area contributed by atoms with E-state index < -0.39 is 0 Å². The number of carbonyl (C=O) groups excluding carboxylic acids is 1. The smallest absolute Gasteiger partial charge is 0.414 e. The summed E-state index contributed by atoms with van der Waals surface area (Å²) in [5.41, 5.74) is 2.01. The maximum atomic E-state index is 12.0. The number of ether oxygens (including phenoxy) is 1. The number of nitrogens with zero attached hydrogens (tertiary/aromatic N) is 3. The second kappa shape index (κ2) is 5.64. The normalized spacial score (nSPS) is 20.6.